The number of imidazole rings is 1. The second-order valence-corrected chi connectivity index (χ2v) is 6.97. The molecule has 3 heterocycles. The minimum Gasteiger partial charge on any atom is -0.371 e. The van der Waals surface area contributed by atoms with E-state index < -0.39 is 0 Å². The van der Waals surface area contributed by atoms with Gasteiger partial charge in [-0.2, -0.15) is 0 Å². The zero-order valence-electron chi connectivity index (χ0n) is 13.5. The van der Waals surface area contributed by atoms with E-state index in [1.165, 1.54) is 0 Å². The Kier molecular flexibility index (Phi) is 4.38. The average molecular weight is 306 g/mol. The molecule has 2 amide bonds. The average Bonchev–Trinajstić information content (AvgIpc) is 3.18. The number of rotatable bonds is 4. The second-order valence-electron chi connectivity index (χ2n) is 6.97. The molecule has 2 atom stereocenters. The van der Waals surface area contributed by atoms with E-state index in [-0.39, 0.29) is 23.8 Å². The summed E-state index contributed by atoms with van der Waals surface area (Å²) in [7, 11) is 0. The van der Waals surface area contributed by atoms with Crippen LogP contribution in [0.1, 0.15) is 39.5 Å². The van der Waals surface area contributed by atoms with Gasteiger partial charge in [0.05, 0.1) is 24.1 Å². The quantitative estimate of drug-likeness (QED) is 0.926. The van der Waals surface area contributed by atoms with Gasteiger partial charge < -0.3 is 19.5 Å². The van der Waals surface area contributed by atoms with E-state index in [9.17, 15) is 4.79 Å². The molecule has 1 aromatic rings. The molecule has 3 rings (SSSR count). The van der Waals surface area contributed by atoms with E-state index in [1.807, 2.05) is 22.0 Å². The summed E-state index contributed by atoms with van der Waals surface area (Å²) in [4.78, 5) is 18.5. The van der Waals surface area contributed by atoms with Crippen LogP contribution in [0.15, 0.2) is 18.7 Å². The Labute approximate surface area is 131 Å². The van der Waals surface area contributed by atoms with Gasteiger partial charge in [-0.15, -0.1) is 0 Å². The molecule has 1 aromatic heterocycles. The summed E-state index contributed by atoms with van der Waals surface area (Å²) in [5.41, 5.74) is -0.0486. The monoisotopic (exact) mass is 306 g/mol. The number of amides is 2. The molecular weight excluding hydrogens is 280 g/mol. The van der Waals surface area contributed by atoms with Gasteiger partial charge in [-0.25, -0.2) is 9.78 Å². The Balaban J connectivity index is 1.48. The molecule has 6 heteroatoms. The van der Waals surface area contributed by atoms with Crippen LogP contribution in [0.3, 0.4) is 0 Å². The number of hydrogen-bond donors (Lipinski definition) is 1. The molecule has 6 nitrogen and oxygen atoms in total. The van der Waals surface area contributed by atoms with Crippen LogP contribution in [0, 0.1) is 0 Å². The predicted octanol–water partition coefficient (Wildman–Crippen LogP) is 2.01. The lowest BCUT2D eigenvalue weighted by molar-refractivity contribution is -0.0136. The van der Waals surface area contributed by atoms with Crippen molar-refractivity contribution in [2.24, 2.45) is 0 Å². The van der Waals surface area contributed by atoms with E-state index in [2.05, 4.69) is 24.1 Å². The summed E-state index contributed by atoms with van der Waals surface area (Å²) in [6.07, 6.45) is 9.88. The normalized spacial score (nSPS) is 27.3. The van der Waals surface area contributed by atoms with Crippen molar-refractivity contribution in [1.82, 2.24) is 19.8 Å². The van der Waals surface area contributed by atoms with Crippen LogP contribution in [0.5, 0.6) is 0 Å². The first-order valence-electron chi connectivity index (χ1n) is 8.21. The Hall–Kier alpha value is -1.56. The summed E-state index contributed by atoms with van der Waals surface area (Å²) in [5, 5.41) is 3.05. The minimum atomic E-state index is -0.0486. The maximum atomic E-state index is 12.4. The molecule has 0 spiro atoms. The van der Waals surface area contributed by atoms with Crippen molar-refractivity contribution in [2.45, 2.75) is 63.8 Å². The molecular formula is C16H26N4O2. The highest BCUT2D eigenvalue weighted by molar-refractivity contribution is 5.74. The number of aromatic nitrogens is 2. The molecule has 2 aliphatic rings. The van der Waals surface area contributed by atoms with Gasteiger partial charge in [0, 0.05) is 32.0 Å². The number of nitrogens with zero attached hydrogens (tertiary/aromatic N) is 3. The zero-order valence-corrected chi connectivity index (χ0v) is 13.5. The van der Waals surface area contributed by atoms with Crippen LogP contribution in [0.4, 0.5) is 4.79 Å². The van der Waals surface area contributed by atoms with Crippen molar-refractivity contribution in [3.8, 4) is 0 Å². The largest absolute Gasteiger partial charge is 0.371 e. The minimum absolute atomic E-state index is 0.0379. The molecule has 0 radical (unpaired) electrons. The Morgan fingerprint density at radius 3 is 3.00 bits per heavy atom. The number of carbonyl (C=O) groups is 1. The highest BCUT2D eigenvalue weighted by Gasteiger charge is 2.33. The molecule has 0 aliphatic carbocycles. The fraction of sp³-hybridized carbons (Fsp3) is 0.750. The molecule has 2 fully saturated rings. The number of ether oxygens (including phenoxy) is 1. The number of carbonyl (C=O) groups excluding carboxylic acids is 1. The van der Waals surface area contributed by atoms with Gasteiger partial charge in [0.15, 0.2) is 0 Å². The zero-order chi connectivity index (χ0) is 15.6. The predicted molar refractivity (Wildman–Crippen MR) is 83.5 cm³/mol. The molecule has 1 N–H and O–H groups in total. The maximum absolute atomic E-state index is 12.4. The second kappa shape index (κ2) is 6.28. The van der Waals surface area contributed by atoms with Gasteiger partial charge in [0.1, 0.15) is 0 Å². The lowest BCUT2D eigenvalue weighted by Crippen LogP contribution is -2.46. The fourth-order valence-electron chi connectivity index (χ4n) is 3.46. The summed E-state index contributed by atoms with van der Waals surface area (Å²) >= 11 is 0. The van der Waals surface area contributed by atoms with Crippen molar-refractivity contribution in [3.63, 3.8) is 0 Å². The van der Waals surface area contributed by atoms with E-state index in [4.69, 9.17) is 4.74 Å². The van der Waals surface area contributed by atoms with Gasteiger partial charge in [-0.05, 0) is 39.5 Å². The number of urea groups is 1. The van der Waals surface area contributed by atoms with E-state index in [0.29, 0.717) is 6.54 Å². The molecule has 122 valence electrons. The Morgan fingerprint density at radius 1 is 1.45 bits per heavy atom. The van der Waals surface area contributed by atoms with E-state index in [1.54, 1.807) is 6.20 Å². The molecule has 2 aliphatic heterocycles. The summed E-state index contributed by atoms with van der Waals surface area (Å²) in [5.74, 6) is 0. The standard InChI is InChI=1S/C16H26N4O2/c1-16(2)6-5-14(22-16)10-18-15(21)20-8-3-4-13(20)11-19-9-7-17-12-19/h7,9,12-14H,3-6,8,10-11H2,1-2H3,(H,18,21). The third-order valence-corrected chi connectivity index (χ3v) is 4.65. The lowest BCUT2D eigenvalue weighted by Gasteiger charge is -2.26. The van der Waals surface area contributed by atoms with Crippen LogP contribution in [0.25, 0.3) is 0 Å². The molecule has 2 saturated heterocycles. The third kappa shape index (κ3) is 3.61. The van der Waals surface area contributed by atoms with Crippen molar-refractivity contribution >= 4 is 6.03 Å². The topological polar surface area (TPSA) is 59.4 Å². The van der Waals surface area contributed by atoms with Crippen LogP contribution < -0.4 is 5.32 Å². The van der Waals surface area contributed by atoms with E-state index >= 15 is 0 Å². The van der Waals surface area contributed by atoms with Crippen molar-refractivity contribution in [2.75, 3.05) is 13.1 Å². The molecule has 0 saturated carbocycles. The highest BCUT2D eigenvalue weighted by Crippen LogP contribution is 2.29. The van der Waals surface area contributed by atoms with Crippen molar-refractivity contribution in [1.29, 1.82) is 0 Å². The lowest BCUT2D eigenvalue weighted by atomic mass is 10.1. The first-order chi connectivity index (χ1) is 10.5. The summed E-state index contributed by atoms with van der Waals surface area (Å²) < 4.78 is 7.97. The maximum Gasteiger partial charge on any atom is 0.317 e. The first kappa shape index (κ1) is 15.3. The van der Waals surface area contributed by atoms with Crippen LogP contribution in [-0.4, -0.2) is 51.3 Å². The van der Waals surface area contributed by atoms with Crippen LogP contribution in [0.2, 0.25) is 0 Å². The highest BCUT2D eigenvalue weighted by atomic mass is 16.5. The van der Waals surface area contributed by atoms with Gasteiger partial charge in [0.2, 0.25) is 0 Å². The van der Waals surface area contributed by atoms with E-state index in [0.717, 1.165) is 38.8 Å². The summed E-state index contributed by atoms with van der Waals surface area (Å²) in [6, 6.07) is 0.297. The SMILES string of the molecule is CC1(C)CCC(CNC(=O)N2CCCC2Cn2ccnc2)O1. The number of likely N-dealkylation sites (tertiary alicyclic amines) is 1. The Morgan fingerprint density at radius 2 is 2.32 bits per heavy atom. The van der Waals surface area contributed by atoms with Gasteiger partial charge in [-0.3, -0.25) is 0 Å². The molecule has 22 heavy (non-hydrogen) atoms. The Bertz CT molecular complexity index is 500. The first-order valence-corrected chi connectivity index (χ1v) is 8.21. The summed E-state index contributed by atoms with van der Waals surface area (Å²) in [6.45, 7) is 6.48. The number of nitrogens with one attached hydrogen (secondary N) is 1. The van der Waals surface area contributed by atoms with Crippen LogP contribution >= 0.6 is 0 Å². The van der Waals surface area contributed by atoms with Gasteiger partial charge in [0.25, 0.3) is 0 Å². The van der Waals surface area contributed by atoms with Gasteiger partial charge >= 0.3 is 6.03 Å². The molecule has 0 bridgehead atoms. The van der Waals surface area contributed by atoms with Crippen molar-refractivity contribution < 1.29 is 9.53 Å². The van der Waals surface area contributed by atoms with Crippen LogP contribution in [-0.2, 0) is 11.3 Å². The van der Waals surface area contributed by atoms with Gasteiger partial charge in [-0.1, -0.05) is 0 Å². The van der Waals surface area contributed by atoms with Crippen molar-refractivity contribution in [3.05, 3.63) is 18.7 Å². The third-order valence-electron chi connectivity index (χ3n) is 4.65. The number of hydrogen-bond acceptors (Lipinski definition) is 3. The molecule has 2 unspecified atom stereocenters. The fourth-order valence-corrected chi connectivity index (χ4v) is 3.46. The smallest absolute Gasteiger partial charge is 0.317 e. The molecule has 0 aromatic carbocycles.